The lowest BCUT2D eigenvalue weighted by atomic mass is 10.2. The zero-order valence-electron chi connectivity index (χ0n) is 15.6. The highest BCUT2D eigenvalue weighted by Crippen LogP contribution is 2.34. The Hall–Kier alpha value is -3.27. The van der Waals surface area contributed by atoms with E-state index in [0.29, 0.717) is 17.0 Å². The number of halogens is 5. The normalized spacial score (nSPS) is 11.6. The minimum atomic E-state index is -4.52. The van der Waals surface area contributed by atoms with E-state index >= 15 is 0 Å². The zero-order chi connectivity index (χ0) is 22.0. The van der Waals surface area contributed by atoms with Gasteiger partial charge >= 0.3 is 6.18 Å². The Balaban J connectivity index is 1.77. The number of aromatic nitrogens is 4. The Morgan fingerprint density at radius 1 is 0.903 bits per heavy atom. The average Bonchev–Trinajstić information content (AvgIpc) is 3.16. The summed E-state index contributed by atoms with van der Waals surface area (Å²) in [4.78, 5) is 4.02. The summed E-state index contributed by atoms with van der Waals surface area (Å²) in [5, 5.41) is 8.49. The summed E-state index contributed by atoms with van der Waals surface area (Å²) in [6, 6.07) is 11.3. The summed E-state index contributed by atoms with van der Waals surface area (Å²) < 4.78 is 68.2. The van der Waals surface area contributed by atoms with Crippen LogP contribution in [0.3, 0.4) is 0 Å². The van der Waals surface area contributed by atoms with Crippen molar-refractivity contribution in [2.45, 2.75) is 17.1 Å². The van der Waals surface area contributed by atoms with Gasteiger partial charge in [-0.3, -0.25) is 9.55 Å². The van der Waals surface area contributed by atoms with Gasteiger partial charge < -0.3 is 0 Å². The van der Waals surface area contributed by atoms with Crippen molar-refractivity contribution in [3.05, 3.63) is 89.8 Å². The molecular formula is C21H13F5N4S. The van der Waals surface area contributed by atoms with E-state index in [2.05, 4.69) is 15.2 Å². The molecule has 0 aliphatic carbocycles. The number of hydrogen-bond donors (Lipinski definition) is 0. The van der Waals surface area contributed by atoms with Gasteiger partial charge in [-0.15, -0.1) is 10.2 Å². The van der Waals surface area contributed by atoms with Crippen LogP contribution in [0.15, 0.2) is 72.1 Å². The number of alkyl halides is 3. The van der Waals surface area contributed by atoms with Crippen molar-refractivity contribution in [2.75, 3.05) is 0 Å². The SMILES string of the molecule is Fc1cc(F)cc(CSc2nnc(-c3cccnc3)n2-c2cccc(C(F)(F)F)c2)c1. The lowest BCUT2D eigenvalue weighted by Gasteiger charge is -2.13. The summed E-state index contributed by atoms with van der Waals surface area (Å²) in [7, 11) is 0. The van der Waals surface area contributed by atoms with Gasteiger partial charge in [-0.2, -0.15) is 13.2 Å². The van der Waals surface area contributed by atoms with Crippen molar-refractivity contribution in [1.29, 1.82) is 0 Å². The van der Waals surface area contributed by atoms with Gasteiger partial charge in [0.05, 0.1) is 11.3 Å². The Morgan fingerprint density at radius 3 is 2.35 bits per heavy atom. The van der Waals surface area contributed by atoms with Crippen molar-refractivity contribution in [3.8, 4) is 17.1 Å². The van der Waals surface area contributed by atoms with E-state index in [1.54, 1.807) is 18.3 Å². The molecule has 158 valence electrons. The molecule has 0 amide bonds. The molecule has 0 saturated heterocycles. The Morgan fingerprint density at radius 2 is 1.68 bits per heavy atom. The number of pyridine rings is 1. The second-order valence-electron chi connectivity index (χ2n) is 6.50. The van der Waals surface area contributed by atoms with Crippen molar-refractivity contribution in [2.24, 2.45) is 0 Å². The fourth-order valence-electron chi connectivity index (χ4n) is 2.94. The third-order valence-electron chi connectivity index (χ3n) is 4.28. The fraction of sp³-hybridized carbons (Fsp3) is 0.0952. The standard InChI is InChI=1S/C21H13F5N4S/c22-16-7-13(8-17(23)10-16)12-31-20-29-28-19(14-3-2-6-27-11-14)30(20)18-5-1-4-15(9-18)21(24,25)26/h1-11H,12H2. The first-order chi connectivity index (χ1) is 14.8. The molecule has 0 saturated carbocycles. The second kappa shape index (κ2) is 8.46. The Kier molecular flexibility index (Phi) is 5.73. The summed E-state index contributed by atoms with van der Waals surface area (Å²) >= 11 is 1.10. The number of hydrogen-bond acceptors (Lipinski definition) is 4. The monoisotopic (exact) mass is 448 g/mol. The van der Waals surface area contributed by atoms with Gasteiger partial charge in [-0.1, -0.05) is 17.8 Å². The van der Waals surface area contributed by atoms with E-state index in [0.717, 1.165) is 30.0 Å². The molecular weight excluding hydrogens is 435 g/mol. The smallest absolute Gasteiger partial charge is 0.270 e. The van der Waals surface area contributed by atoms with Gasteiger partial charge in [0.25, 0.3) is 0 Å². The Bertz CT molecular complexity index is 1190. The van der Waals surface area contributed by atoms with Crippen LogP contribution in [0.1, 0.15) is 11.1 Å². The molecule has 0 N–H and O–H groups in total. The maximum absolute atomic E-state index is 13.5. The molecule has 0 spiro atoms. The van der Waals surface area contributed by atoms with Crippen LogP contribution in [-0.2, 0) is 11.9 Å². The van der Waals surface area contributed by atoms with Gasteiger partial charge in [-0.05, 0) is 48.0 Å². The van der Waals surface area contributed by atoms with Crippen molar-refractivity contribution < 1.29 is 22.0 Å². The number of thioether (sulfide) groups is 1. The van der Waals surface area contributed by atoms with Gasteiger partial charge in [0, 0.05) is 29.8 Å². The van der Waals surface area contributed by atoms with E-state index in [9.17, 15) is 22.0 Å². The molecule has 2 aromatic heterocycles. The molecule has 0 bridgehead atoms. The third kappa shape index (κ3) is 4.74. The molecule has 10 heteroatoms. The predicted molar refractivity (Wildman–Crippen MR) is 106 cm³/mol. The summed E-state index contributed by atoms with van der Waals surface area (Å²) in [5.74, 6) is -1.00. The molecule has 0 aliphatic rings. The van der Waals surface area contributed by atoms with Crippen LogP contribution in [0.2, 0.25) is 0 Å². The molecule has 4 aromatic rings. The highest BCUT2D eigenvalue weighted by molar-refractivity contribution is 7.98. The zero-order valence-corrected chi connectivity index (χ0v) is 16.5. The van der Waals surface area contributed by atoms with Gasteiger partial charge in [0.1, 0.15) is 11.6 Å². The summed E-state index contributed by atoms with van der Waals surface area (Å²) in [6.45, 7) is 0. The van der Waals surface area contributed by atoms with E-state index in [-0.39, 0.29) is 16.6 Å². The summed E-state index contributed by atoms with van der Waals surface area (Å²) in [6.07, 6.45) is -1.45. The molecule has 4 nitrogen and oxygen atoms in total. The third-order valence-corrected chi connectivity index (χ3v) is 5.28. The lowest BCUT2D eigenvalue weighted by Crippen LogP contribution is -2.07. The average molecular weight is 448 g/mol. The highest BCUT2D eigenvalue weighted by atomic mass is 32.2. The molecule has 0 unspecified atom stereocenters. The topological polar surface area (TPSA) is 43.6 Å². The van der Waals surface area contributed by atoms with E-state index in [1.807, 2.05) is 0 Å². The van der Waals surface area contributed by atoms with E-state index in [1.165, 1.54) is 35.0 Å². The van der Waals surface area contributed by atoms with Gasteiger partial charge in [0.2, 0.25) is 0 Å². The minimum absolute atomic E-state index is 0.138. The van der Waals surface area contributed by atoms with Gasteiger partial charge in [-0.25, -0.2) is 8.78 Å². The quantitative estimate of drug-likeness (QED) is 0.281. The van der Waals surface area contributed by atoms with Crippen molar-refractivity contribution in [1.82, 2.24) is 19.7 Å². The first kappa shape index (κ1) is 21.0. The van der Waals surface area contributed by atoms with Crippen LogP contribution in [-0.4, -0.2) is 19.7 Å². The van der Waals surface area contributed by atoms with Crippen LogP contribution in [0, 0.1) is 11.6 Å². The minimum Gasteiger partial charge on any atom is -0.270 e. The lowest BCUT2D eigenvalue weighted by molar-refractivity contribution is -0.137. The number of benzene rings is 2. The van der Waals surface area contributed by atoms with Crippen molar-refractivity contribution in [3.63, 3.8) is 0 Å². The molecule has 31 heavy (non-hydrogen) atoms. The molecule has 0 atom stereocenters. The molecule has 2 heterocycles. The van der Waals surface area contributed by atoms with Crippen LogP contribution in [0.5, 0.6) is 0 Å². The molecule has 4 rings (SSSR count). The van der Waals surface area contributed by atoms with E-state index in [4.69, 9.17) is 0 Å². The molecule has 2 aromatic carbocycles. The largest absolute Gasteiger partial charge is 0.416 e. The maximum Gasteiger partial charge on any atom is 0.416 e. The summed E-state index contributed by atoms with van der Waals surface area (Å²) in [5.41, 5.74) is 0.297. The number of rotatable bonds is 5. The predicted octanol–water partition coefficient (Wildman–Crippen LogP) is 5.92. The molecule has 0 aliphatic heterocycles. The van der Waals surface area contributed by atoms with Crippen LogP contribution >= 0.6 is 11.8 Å². The molecule has 0 radical (unpaired) electrons. The number of nitrogens with zero attached hydrogens (tertiary/aromatic N) is 4. The van der Waals surface area contributed by atoms with Crippen LogP contribution in [0.4, 0.5) is 22.0 Å². The van der Waals surface area contributed by atoms with Gasteiger partial charge in [0.15, 0.2) is 11.0 Å². The first-order valence-corrected chi connectivity index (χ1v) is 9.91. The molecule has 0 fully saturated rings. The maximum atomic E-state index is 13.5. The van der Waals surface area contributed by atoms with Crippen LogP contribution in [0.25, 0.3) is 17.1 Å². The second-order valence-corrected chi connectivity index (χ2v) is 7.44. The van der Waals surface area contributed by atoms with Crippen LogP contribution < -0.4 is 0 Å². The fourth-order valence-corrected chi connectivity index (χ4v) is 3.82. The van der Waals surface area contributed by atoms with E-state index < -0.39 is 23.4 Å². The highest BCUT2D eigenvalue weighted by Gasteiger charge is 2.31. The first-order valence-electron chi connectivity index (χ1n) is 8.92. The Labute approximate surface area is 177 Å². The van der Waals surface area contributed by atoms with Crippen molar-refractivity contribution >= 4 is 11.8 Å².